The molecule has 0 saturated carbocycles. The molecule has 13 heavy (non-hydrogen) atoms. The van der Waals surface area contributed by atoms with Crippen LogP contribution < -0.4 is 10.6 Å². The molecule has 5 nitrogen and oxygen atoms in total. The summed E-state index contributed by atoms with van der Waals surface area (Å²) in [7, 11) is 0. The van der Waals surface area contributed by atoms with Crippen molar-refractivity contribution in [2.75, 3.05) is 19.8 Å². The predicted molar refractivity (Wildman–Crippen MR) is 47.4 cm³/mol. The Morgan fingerprint density at radius 2 is 2.54 bits per heavy atom. The van der Waals surface area contributed by atoms with Gasteiger partial charge in [-0.1, -0.05) is 0 Å². The molecule has 2 atom stereocenters. The first-order valence-electron chi connectivity index (χ1n) is 4.48. The van der Waals surface area contributed by atoms with E-state index in [-0.39, 0.29) is 24.7 Å². The summed E-state index contributed by atoms with van der Waals surface area (Å²) < 4.78 is 5.10. The molecule has 3 N–H and O–H groups in total. The zero-order valence-corrected chi connectivity index (χ0v) is 7.75. The number of nitrogens with one attached hydrogen (secondary N) is 2. The van der Waals surface area contributed by atoms with Gasteiger partial charge in [0.2, 0.25) is 0 Å². The summed E-state index contributed by atoms with van der Waals surface area (Å²) in [5, 5.41) is 14.0. The fraction of sp³-hybridized carbons (Fsp3) is 0.875. The first kappa shape index (κ1) is 10.3. The molecule has 5 heteroatoms. The summed E-state index contributed by atoms with van der Waals surface area (Å²) in [6.07, 6.45) is 0.862. The van der Waals surface area contributed by atoms with Gasteiger partial charge in [-0.15, -0.1) is 0 Å². The van der Waals surface area contributed by atoms with Crippen molar-refractivity contribution < 1.29 is 14.6 Å². The lowest BCUT2D eigenvalue weighted by Gasteiger charge is -2.14. The summed E-state index contributed by atoms with van der Waals surface area (Å²) in [6.45, 7) is 2.99. The Morgan fingerprint density at radius 3 is 3.08 bits per heavy atom. The minimum atomic E-state index is -0.239. The average Bonchev–Trinajstić information content (AvgIpc) is 2.56. The van der Waals surface area contributed by atoms with Crippen molar-refractivity contribution in [3.05, 3.63) is 0 Å². The molecule has 0 aromatic carbocycles. The maximum Gasteiger partial charge on any atom is 0.315 e. The van der Waals surface area contributed by atoms with Crippen LogP contribution in [0.4, 0.5) is 4.79 Å². The van der Waals surface area contributed by atoms with Crippen LogP contribution in [-0.2, 0) is 4.74 Å². The summed E-state index contributed by atoms with van der Waals surface area (Å²) in [5.41, 5.74) is 0. The van der Waals surface area contributed by atoms with Crippen molar-refractivity contribution in [2.45, 2.75) is 25.4 Å². The van der Waals surface area contributed by atoms with Crippen LogP contribution in [0.15, 0.2) is 0 Å². The quantitative estimate of drug-likeness (QED) is 0.557. The van der Waals surface area contributed by atoms with Crippen molar-refractivity contribution in [1.29, 1.82) is 0 Å². The van der Waals surface area contributed by atoms with Gasteiger partial charge in [0.1, 0.15) is 0 Å². The van der Waals surface area contributed by atoms with Crippen molar-refractivity contribution >= 4 is 6.03 Å². The largest absolute Gasteiger partial charge is 0.394 e. The Balaban J connectivity index is 2.16. The molecule has 2 unspecified atom stereocenters. The van der Waals surface area contributed by atoms with E-state index in [9.17, 15) is 4.79 Å². The van der Waals surface area contributed by atoms with Crippen LogP contribution in [0.25, 0.3) is 0 Å². The van der Waals surface area contributed by atoms with E-state index >= 15 is 0 Å². The first-order chi connectivity index (χ1) is 6.22. The fourth-order valence-corrected chi connectivity index (χ4v) is 1.14. The molecule has 76 valence electrons. The van der Waals surface area contributed by atoms with Gasteiger partial charge in [0.25, 0.3) is 0 Å². The molecule has 0 spiro atoms. The molecule has 1 saturated heterocycles. The van der Waals surface area contributed by atoms with Gasteiger partial charge in [-0.25, -0.2) is 4.79 Å². The number of hydrogen-bond acceptors (Lipinski definition) is 3. The summed E-state index contributed by atoms with van der Waals surface area (Å²) in [6, 6.07) is -0.328. The smallest absolute Gasteiger partial charge is 0.315 e. The fourth-order valence-electron chi connectivity index (χ4n) is 1.14. The van der Waals surface area contributed by atoms with Gasteiger partial charge in [-0.3, -0.25) is 0 Å². The number of amides is 2. The molecule has 2 amide bonds. The number of rotatable bonds is 3. The zero-order chi connectivity index (χ0) is 9.68. The molecule has 1 aliphatic rings. The van der Waals surface area contributed by atoms with Crippen LogP contribution >= 0.6 is 0 Å². The van der Waals surface area contributed by atoms with Gasteiger partial charge in [0.15, 0.2) is 0 Å². The van der Waals surface area contributed by atoms with Crippen LogP contribution in [0.5, 0.6) is 0 Å². The summed E-state index contributed by atoms with van der Waals surface area (Å²) in [4.78, 5) is 11.2. The van der Waals surface area contributed by atoms with E-state index in [1.807, 2.05) is 0 Å². The number of carbonyl (C=O) groups is 1. The zero-order valence-electron chi connectivity index (χ0n) is 7.75. The van der Waals surface area contributed by atoms with E-state index in [1.54, 1.807) is 6.92 Å². The van der Waals surface area contributed by atoms with E-state index in [1.165, 1.54) is 0 Å². The number of hydrogen-bond donors (Lipinski definition) is 3. The number of carbonyl (C=O) groups excluding carboxylic acids is 1. The molecule has 1 aliphatic heterocycles. The van der Waals surface area contributed by atoms with Crippen molar-refractivity contribution in [1.82, 2.24) is 10.6 Å². The lowest BCUT2D eigenvalue weighted by molar-refractivity contribution is 0.187. The second-order valence-electron chi connectivity index (χ2n) is 3.26. The highest BCUT2D eigenvalue weighted by Gasteiger charge is 2.17. The monoisotopic (exact) mass is 188 g/mol. The summed E-state index contributed by atoms with van der Waals surface area (Å²) >= 11 is 0. The van der Waals surface area contributed by atoms with Crippen LogP contribution in [0.3, 0.4) is 0 Å². The van der Waals surface area contributed by atoms with E-state index < -0.39 is 0 Å². The maximum atomic E-state index is 11.2. The highest BCUT2D eigenvalue weighted by molar-refractivity contribution is 5.74. The standard InChI is InChI=1S/C8H16N2O3/c1-6(4-11)9-8(12)10-7-2-3-13-5-7/h6-7,11H,2-5H2,1H3,(H2,9,10,12). The van der Waals surface area contributed by atoms with Crippen LogP contribution in [0.2, 0.25) is 0 Å². The Morgan fingerprint density at radius 1 is 1.77 bits per heavy atom. The third kappa shape index (κ3) is 3.61. The molecule has 1 heterocycles. The Bertz CT molecular complexity index is 169. The number of urea groups is 1. The van der Waals surface area contributed by atoms with Gasteiger partial charge in [-0.05, 0) is 13.3 Å². The highest BCUT2D eigenvalue weighted by Crippen LogP contribution is 2.02. The molecule has 0 aromatic heterocycles. The van der Waals surface area contributed by atoms with Crippen LogP contribution in [-0.4, -0.2) is 43.0 Å². The molecule has 1 rings (SSSR count). The summed E-state index contributed by atoms with van der Waals surface area (Å²) in [5.74, 6) is 0. The molecule has 1 fully saturated rings. The normalized spacial score (nSPS) is 24.0. The molecule has 0 aromatic rings. The minimum Gasteiger partial charge on any atom is -0.394 e. The van der Waals surface area contributed by atoms with E-state index in [0.717, 1.165) is 6.42 Å². The number of aliphatic hydroxyl groups is 1. The van der Waals surface area contributed by atoms with Gasteiger partial charge < -0.3 is 20.5 Å². The Kier molecular flexibility index (Phi) is 3.98. The number of aliphatic hydroxyl groups excluding tert-OH is 1. The third-order valence-corrected chi connectivity index (χ3v) is 1.92. The lowest BCUT2D eigenvalue weighted by Crippen LogP contribution is -2.46. The van der Waals surface area contributed by atoms with Gasteiger partial charge in [-0.2, -0.15) is 0 Å². The molecule has 0 bridgehead atoms. The highest BCUT2D eigenvalue weighted by atomic mass is 16.5. The third-order valence-electron chi connectivity index (χ3n) is 1.92. The van der Waals surface area contributed by atoms with E-state index in [2.05, 4.69) is 10.6 Å². The topological polar surface area (TPSA) is 70.6 Å². The maximum absolute atomic E-state index is 11.2. The predicted octanol–water partition coefficient (Wildman–Crippen LogP) is -0.545. The second kappa shape index (κ2) is 5.04. The molecule has 0 aliphatic carbocycles. The molecular weight excluding hydrogens is 172 g/mol. The van der Waals surface area contributed by atoms with Gasteiger partial charge in [0.05, 0.1) is 25.3 Å². The van der Waals surface area contributed by atoms with Crippen LogP contribution in [0.1, 0.15) is 13.3 Å². The lowest BCUT2D eigenvalue weighted by atomic mass is 10.3. The second-order valence-corrected chi connectivity index (χ2v) is 3.26. The van der Waals surface area contributed by atoms with E-state index in [0.29, 0.717) is 13.2 Å². The van der Waals surface area contributed by atoms with Crippen molar-refractivity contribution in [3.63, 3.8) is 0 Å². The van der Waals surface area contributed by atoms with Crippen molar-refractivity contribution in [3.8, 4) is 0 Å². The van der Waals surface area contributed by atoms with Gasteiger partial charge >= 0.3 is 6.03 Å². The Labute approximate surface area is 77.5 Å². The SMILES string of the molecule is CC(CO)NC(=O)NC1CCOC1. The molecular formula is C8H16N2O3. The Hall–Kier alpha value is -0.810. The van der Waals surface area contributed by atoms with E-state index in [4.69, 9.17) is 9.84 Å². The van der Waals surface area contributed by atoms with Gasteiger partial charge in [0, 0.05) is 6.61 Å². The first-order valence-corrected chi connectivity index (χ1v) is 4.48. The minimum absolute atomic E-state index is 0.0470. The number of ether oxygens (including phenoxy) is 1. The molecule has 0 radical (unpaired) electrons. The van der Waals surface area contributed by atoms with Crippen molar-refractivity contribution in [2.24, 2.45) is 0 Å². The van der Waals surface area contributed by atoms with Crippen LogP contribution in [0, 0.1) is 0 Å². The average molecular weight is 188 g/mol.